The summed E-state index contributed by atoms with van der Waals surface area (Å²) in [5.41, 5.74) is 0. The molecule has 0 spiro atoms. The molecule has 94 valence electrons. The van der Waals surface area contributed by atoms with E-state index in [2.05, 4.69) is 20.5 Å². The number of anilines is 1. The van der Waals surface area contributed by atoms with Crippen molar-refractivity contribution in [3.05, 3.63) is 12.3 Å². The maximum Gasteiger partial charge on any atom is 0.327 e. The second-order valence-corrected chi connectivity index (χ2v) is 3.38. The Morgan fingerprint density at radius 3 is 2.94 bits per heavy atom. The van der Waals surface area contributed by atoms with E-state index in [1.54, 1.807) is 19.3 Å². The zero-order chi connectivity index (χ0) is 12.7. The van der Waals surface area contributed by atoms with Gasteiger partial charge in [-0.3, -0.25) is 14.3 Å². The first kappa shape index (κ1) is 13.2. The standard InChI is InChI=1S/C10H16N4O3/c1-11-5-3-9(15)12-8-4-6-14(13-8)7-10(16)17-2/h4,6,11H,3,5,7H2,1-2H3,(H,12,13,15). The number of amides is 1. The van der Waals surface area contributed by atoms with Crippen LogP contribution < -0.4 is 10.6 Å². The Hall–Kier alpha value is -1.89. The van der Waals surface area contributed by atoms with Crippen LogP contribution in [0.2, 0.25) is 0 Å². The van der Waals surface area contributed by atoms with Crippen molar-refractivity contribution in [3.63, 3.8) is 0 Å². The minimum Gasteiger partial charge on any atom is -0.468 e. The lowest BCUT2D eigenvalue weighted by molar-refractivity contribution is -0.141. The highest BCUT2D eigenvalue weighted by molar-refractivity contribution is 5.89. The van der Waals surface area contributed by atoms with Crippen LogP contribution in [0.4, 0.5) is 5.82 Å². The van der Waals surface area contributed by atoms with Crippen LogP contribution in [0.15, 0.2) is 12.3 Å². The molecule has 0 aliphatic carbocycles. The van der Waals surface area contributed by atoms with Gasteiger partial charge in [-0.2, -0.15) is 5.10 Å². The lowest BCUT2D eigenvalue weighted by Gasteiger charge is -2.01. The smallest absolute Gasteiger partial charge is 0.327 e. The van der Waals surface area contributed by atoms with Gasteiger partial charge >= 0.3 is 5.97 Å². The lowest BCUT2D eigenvalue weighted by atomic mass is 10.4. The van der Waals surface area contributed by atoms with Gasteiger partial charge in [0.1, 0.15) is 6.54 Å². The second kappa shape index (κ2) is 6.64. The molecule has 7 heteroatoms. The fourth-order valence-electron chi connectivity index (χ4n) is 1.16. The first-order valence-corrected chi connectivity index (χ1v) is 5.20. The van der Waals surface area contributed by atoms with E-state index < -0.39 is 0 Å². The minimum absolute atomic E-state index is 0.0306. The van der Waals surface area contributed by atoms with Crippen molar-refractivity contribution in [2.24, 2.45) is 0 Å². The third-order valence-corrected chi connectivity index (χ3v) is 2.03. The fraction of sp³-hybridized carbons (Fsp3) is 0.500. The summed E-state index contributed by atoms with van der Waals surface area (Å²) in [5, 5.41) is 9.51. The SMILES string of the molecule is CNCCC(=O)Nc1ccn(CC(=O)OC)n1. The summed E-state index contributed by atoms with van der Waals surface area (Å²) in [6.45, 7) is 0.636. The predicted molar refractivity (Wildman–Crippen MR) is 61.4 cm³/mol. The molecule has 0 aromatic carbocycles. The van der Waals surface area contributed by atoms with Crippen LogP contribution in [-0.4, -0.2) is 42.4 Å². The molecular weight excluding hydrogens is 224 g/mol. The molecule has 1 amide bonds. The van der Waals surface area contributed by atoms with Gasteiger partial charge in [-0.05, 0) is 7.05 Å². The Morgan fingerprint density at radius 1 is 1.53 bits per heavy atom. The number of methoxy groups -OCH3 is 1. The number of carbonyl (C=O) groups excluding carboxylic acids is 2. The highest BCUT2D eigenvalue weighted by Gasteiger charge is 2.06. The van der Waals surface area contributed by atoms with Crippen LogP contribution in [-0.2, 0) is 20.9 Å². The van der Waals surface area contributed by atoms with E-state index >= 15 is 0 Å². The molecule has 0 radical (unpaired) electrons. The van der Waals surface area contributed by atoms with Crippen LogP contribution in [0.25, 0.3) is 0 Å². The van der Waals surface area contributed by atoms with E-state index in [9.17, 15) is 9.59 Å². The van der Waals surface area contributed by atoms with E-state index in [1.807, 2.05) is 0 Å². The third kappa shape index (κ3) is 4.64. The van der Waals surface area contributed by atoms with Crippen molar-refractivity contribution in [2.45, 2.75) is 13.0 Å². The first-order valence-electron chi connectivity index (χ1n) is 5.20. The quantitative estimate of drug-likeness (QED) is 0.661. The molecule has 0 aliphatic heterocycles. The molecular formula is C10H16N4O3. The summed E-state index contributed by atoms with van der Waals surface area (Å²) in [6.07, 6.45) is 1.98. The molecule has 0 unspecified atom stereocenters. The van der Waals surface area contributed by atoms with Gasteiger partial charge in [0, 0.05) is 25.2 Å². The van der Waals surface area contributed by atoms with E-state index in [0.717, 1.165) is 0 Å². The van der Waals surface area contributed by atoms with Crippen molar-refractivity contribution >= 4 is 17.7 Å². The van der Waals surface area contributed by atoms with Gasteiger partial charge < -0.3 is 15.4 Å². The number of ether oxygens (including phenoxy) is 1. The predicted octanol–water partition coefficient (Wildman–Crippen LogP) is -0.396. The maximum absolute atomic E-state index is 11.4. The van der Waals surface area contributed by atoms with Crippen molar-refractivity contribution in [3.8, 4) is 0 Å². The van der Waals surface area contributed by atoms with Gasteiger partial charge in [0.15, 0.2) is 5.82 Å². The van der Waals surface area contributed by atoms with Crippen molar-refractivity contribution in [1.29, 1.82) is 0 Å². The van der Waals surface area contributed by atoms with Crippen LogP contribution in [0.3, 0.4) is 0 Å². The summed E-state index contributed by atoms with van der Waals surface area (Å²) in [5.74, 6) is -0.0844. The molecule has 1 heterocycles. The maximum atomic E-state index is 11.4. The van der Waals surface area contributed by atoms with Crippen molar-refractivity contribution < 1.29 is 14.3 Å². The Labute approximate surface area is 99.1 Å². The lowest BCUT2D eigenvalue weighted by Crippen LogP contribution is -2.19. The van der Waals surface area contributed by atoms with E-state index in [4.69, 9.17) is 0 Å². The van der Waals surface area contributed by atoms with E-state index in [1.165, 1.54) is 11.8 Å². The number of hydrogen-bond acceptors (Lipinski definition) is 5. The topological polar surface area (TPSA) is 85.2 Å². The molecule has 17 heavy (non-hydrogen) atoms. The van der Waals surface area contributed by atoms with Gasteiger partial charge in [-0.25, -0.2) is 0 Å². The molecule has 1 rings (SSSR count). The largest absolute Gasteiger partial charge is 0.468 e. The minimum atomic E-state index is -0.388. The summed E-state index contributed by atoms with van der Waals surface area (Å²) in [4.78, 5) is 22.3. The molecule has 0 fully saturated rings. The van der Waals surface area contributed by atoms with Gasteiger partial charge in [-0.15, -0.1) is 0 Å². The Morgan fingerprint density at radius 2 is 2.29 bits per heavy atom. The van der Waals surface area contributed by atoms with Gasteiger partial charge in [-0.1, -0.05) is 0 Å². The number of esters is 1. The van der Waals surface area contributed by atoms with Crippen molar-refractivity contribution in [2.75, 3.05) is 26.0 Å². The zero-order valence-corrected chi connectivity index (χ0v) is 9.90. The fourth-order valence-corrected chi connectivity index (χ4v) is 1.16. The summed E-state index contributed by atoms with van der Waals surface area (Å²) >= 11 is 0. The number of hydrogen-bond donors (Lipinski definition) is 2. The monoisotopic (exact) mass is 240 g/mol. The zero-order valence-electron chi connectivity index (χ0n) is 9.90. The molecule has 0 aliphatic rings. The third-order valence-electron chi connectivity index (χ3n) is 2.03. The number of rotatable bonds is 6. The summed E-state index contributed by atoms with van der Waals surface area (Å²) in [7, 11) is 3.09. The van der Waals surface area contributed by atoms with E-state index in [0.29, 0.717) is 18.8 Å². The molecule has 2 N–H and O–H groups in total. The number of aromatic nitrogens is 2. The Bertz CT molecular complexity index is 389. The number of nitrogens with one attached hydrogen (secondary N) is 2. The molecule has 1 aromatic heterocycles. The number of nitrogens with zero attached hydrogens (tertiary/aromatic N) is 2. The number of carbonyl (C=O) groups is 2. The molecule has 0 saturated carbocycles. The van der Waals surface area contributed by atoms with Crippen molar-refractivity contribution in [1.82, 2.24) is 15.1 Å². The molecule has 7 nitrogen and oxygen atoms in total. The Balaban J connectivity index is 2.45. The molecule has 0 saturated heterocycles. The van der Waals surface area contributed by atoms with E-state index in [-0.39, 0.29) is 18.4 Å². The van der Waals surface area contributed by atoms with Crippen LogP contribution in [0.1, 0.15) is 6.42 Å². The Kier molecular flexibility index (Phi) is 5.15. The van der Waals surface area contributed by atoms with Crippen LogP contribution in [0.5, 0.6) is 0 Å². The second-order valence-electron chi connectivity index (χ2n) is 3.38. The van der Waals surface area contributed by atoms with Crippen LogP contribution >= 0.6 is 0 Å². The molecule has 0 atom stereocenters. The van der Waals surface area contributed by atoms with Crippen LogP contribution in [0, 0.1) is 0 Å². The average molecular weight is 240 g/mol. The van der Waals surface area contributed by atoms with Gasteiger partial charge in [0.2, 0.25) is 5.91 Å². The molecule has 1 aromatic rings. The normalized spacial score (nSPS) is 10.0. The van der Waals surface area contributed by atoms with Gasteiger partial charge in [0.25, 0.3) is 0 Å². The summed E-state index contributed by atoms with van der Waals surface area (Å²) in [6, 6.07) is 1.63. The average Bonchev–Trinajstić information content (AvgIpc) is 2.73. The highest BCUT2D eigenvalue weighted by atomic mass is 16.5. The highest BCUT2D eigenvalue weighted by Crippen LogP contribution is 2.02. The molecule has 0 bridgehead atoms. The van der Waals surface area contributed by atoms with Gasteiger partial charge in [0.05, 0.1) is 7.11 Å². The summed E-state index contributed by atoms with van der Waals surface area (Å²) < 4.78 is 5.90. The first-order chi connectivity index (χ1) is 8.15.